The summed E-state index contributed by atoms with van der Waals surface area (Å²) in [6, 6.07) is 6.07. The molecule has 1 amide bonds. The van der Waals surface area contributed by atoms with Crippen molar-refractivity contribution in [2.75, 3.05) is 6.54 Å². The summed E-state index contributed by atoms with van der Waals surface area (Å²) < 4.78 is 16.8. The average Bonchev–Trinajstić information content (AvgIpc) is 3.42. The number of amides is 1. The topological polar surface area (TPSA) is 107 Å². The minimum Gasteiger partial charge on any atom is -0.391 e. The Hall–Kier alpha value is -3.30. The first-order valence-electron chi connectivity index (χ1n) is 10.5. The molecule has 0 aliphatic carbocycles. The minimum absolute atomic E-state index is 0.148. The molecule has 0 radical (unpaired) electrons. The fourth-order valence-corrected chi connectivity index (χ4v) is 4.59. The first-order valence-corrected chi connectivity index (χ1v) is 10.5. The molecule has 1 aliphatic heterocycles. The number of halogens is 1. The molecule has 9 heteroatoms. The highest BCUT2D eigenvalue weighted by Gasteiger charge is 2.37. The Kier molecular flexibility index (Phi) is 4.58. The van der Waals surface area contributed by atoms with Crippen molar-refractivity contribution in [1.82, 2.24) is 24.3 Å². The van der Waals surface area contributed by atoms with Crippen molar-refractivity contribution >= 4 is 22.6 Å². The Balaban J connectivity index is 1.75. The molecule has 32 heavy (non-hydrogen) atoms. The Labute approximate surface area is 183 Å². The van der Waals surface area contributed by atoms with Crippen molar-refractivity contribution in [2.24, 2.45) is 0 Å². The third-order valence-corrected chi connectivity index (χ3v) is 6.08. The first kappa shape index (κ1) is 20.6. The third-order valence-electron chi connectivity index (χ3n) is 6.08. The van der Waals surface area contributed by atoms with Crippen LogP contribution >= 0.6 is 0 Å². The van der Waals surface area contributed by atoms with Gasteiger partial charge in [0.05, 0.1) is 40.7 Å². The number of carbonyl (C=O) groups is 1. The zero-order chi connectivity index (χ0) is 22.8. The van der Waals surface area contributed by atoms with Crippen molar-refractivity contribution in [2.45, 2.75) is 44.9 Å². The van der Waals surface area contributed by atoms with Gasteiger partial charge in [-0.05, 0) is 26.0 Å². The maximum Gasteiger partial charge on any atom is 0.220 e. The SMILES string of the molecule is CC(=O)N1C[C@H](O)C[C@@H]1c1nc(-c2ccc(C(C)(C)O)c(F)c2)c2cnc3[nH]ccc3n12. The number of aromatic amines is 1. The quantitative estimate of drug-likeness (QED) is 0.457. The summed E-state index contributed by atoms with van der Waals surface area (Å²) in [5, 5.41) is 20.5. The zero-order valence-corrected chi connectivity index (χ0v) is 18.0. The van der Waals surface area contributed by atoms with Gasteiger partial charge in [-0.15, -0.1) is 0 Å². The maximum atomic E-state index is 14.9. The van der Waals surface area contributed by atoms with Gasteiger partial charge in [-0.1, -0.05) is 12.1 Å². The number of aliphatic hydroxyl groups excluding tert-OH is 1. The summed E-state index contributed by atoms with van der Waals surface area (Å²) in [6.45, 7) is 4.77. The Morgan fingerprint density at radius 3 is 2.75 bits per heavy atom. The third kappa shape index (κ3) is 3.16. The van der Waals surface area contributed by atoms with Crippen molar-refractivity contribution in [3.8, 4) is 11.3 Å². The number of rotatable bonds is 3. The monoisotopic (exact) mass is 437 g/mol. The highest BCUT2D eigenvalue weighted by Crippen LogP contribution is 2.37. The van der Waals surface area contributed by atoms with E-state index in [2.05, 4.69) is 9.97 Å². The molecule has 5 rings (SSSR count). The summed E-state index contributed by atoms with van der Waals surface area (Å²) >= 11 is 0. The molecule has 166 valence electrons. The van der Waals surface area contributed by atoms with E-state index in [0.717, 1.165) is 5.52 Å². The predicted molar refractivity (Wildman–Crippen MR) is 116 cm³/mol. The lowest BCUT2D eigenvalue weighted by atomic mass is 9.96. The van der Waals surface area contributed by atoms with Crippen LogP contribution in [-0.2, 0) is 10.4 Å². The summed E-state index contributed by atoms with van der Waals surface area (Å²) in [5.74, 6) is -0.0967. The maximum absolute atomic E-state index is 14.9. The molecule has 0 bridgehead atoms. The number of H-pyrrole nitrogens is 1. The average molecular weight is 437 g/mol. The Bertz CT molecular complexity index is 1350. The van der Waals surface area contributed by atoms with Gasteiger partial charge in [0.15, 0.2) is 5.65 Å². The molecule has 1 fully saturated rings. The van der Waals surface area contributed by atoms with E-state index in [9.17, 15) is 19.4 Å². The number of nitrogens with one attached hydrogen (secondary N) is 1. The summed E-state index contributed by atoms with van der Waals surface area (Å²) in [6.07, 6.45) is 3.14. The number of fused-ring (bicyclic) bond motifs is 3. The van der Waals surface area contributed by atoms with Crippen LogP contribution in [0.15, 0.2) is 36.7 Å². The van der Waals surface area contributed by atoms with E-state index in [0.29, 0.717) is 34.7 Å². The summed E-state index contributed by atoms with van der Waals surface area (Å²) in [5.41, 5.74) is 2.01. The molecule has 8 nitrogen and oxygen atoms in total. The van der Waals surface area contributed by atoms with Gasteiger partial charge in [-0.25, -0.2) is 14.4 Å². The molecule has 1 saturated heterocycles. The normalized spacial score (nSPS) is 19.4. The van der Waals surface area contributed by atoms with Gasteiger partial charge in [0.2, 0.25) is 5.91 Å². The molecule has 1 aliphatic rings. The first-order chi connectivity index (χ1) is 15.1. The predicted octanol–water partition coefficient (Wildman–Crippen LogP) is 2.90. The van der Waals surface area contributed by atoms with Crippen LogP contribution in [0.2, 0.25) is 0 Å². The molecule has 2 atom stereocenters. The number of nitrogens with zero attached hydrogens (tertiary/aromatic N) is 4. The molecule has 4 heterocycles. The van der Waals surface area contributed by atoms with Gasteiger partial charge in [-0.3, -0.25) is 9.20 Å². The standard InChI is InChI=1S/C23H24FN5O3/c1-12(30)28-11-14(31)9-18(28)22-27-20(13-4-5-15(16(24)8-13)23(2,3)32)19-10-26-21-17(29(19)22)6-7-25-21/h4-8,10,14,18,25,31-32H,9,11H2,1-3H3/t14-,18-/m1/s1. The van der Waals surface area contributed by atoms with Gasteiger partial charge < -0.3 is 20.1 Å². The number of β-amino-alcohol motifs (C(OH)–C–C–N with tert-alkyl or cyclic N) is 1. The van der Waals surface area contributed by atoms with Crippen molar-refractivity contribution < 1.29 is 19.4 Å². The molecule has 3 aromatic heterocycles. The van der Waals surface area contributed by atoms with E-state index in [1.165, 1.54) is 26.8 Å². The van der Waals surface area contributed by atoms with Crippen molar-refractivity contribution in [1.29, 1.82) is 0 Å². The van der Waals surface area contributed by atoms with E-state index in [1.54, 1.807) is 29.4 Å². The van der Waals surface area contributed by atoms with Gasteiger partial charge in [-0.2, -0.15) is 0 Å². The second kappa shape index (κ2) is 7.11. The number of hydrogen-bond donors (Lipinski definition) is 3. The smallest absolute Gasteiger partial charge is 0.220 e. The van der Waals surface area contributed by atoms with Crippen molar-refractivity contribution in [3.05, 3.63) is 53.9 Å². The van der Waals surface area contributed by atoms with Crippen LogP contribution in [0.3, 0.4) is 0 Å². The zero-order valence-electron chi connectivity index (χ0n) is 18.0. The Morgan fingerprint density at radius 1 is 1.28 bits per heavy atom. The molecular weight excluding hydrogens is 413 g/mol. The van der Waals surface area contributed by atoms with Crippen molar-refractivity contribution in [3.63, 3.8) is 0 Å². The fraction of sp³-hybridized carbons (Fsp3) is 0.348. The van der Waals surface area contributed by atoms with Crippen LogP contribution in [0.25, 0.3) is 27.9 Å². The molecule has 0 saturated carbocycles. The van der Waals surface area contributed by atoms with Crippen LogP contribution in [0.1, 0.15) is 44.6 Å². The fourth-order valence-electron chi connectivity index (χ4n) is 4.59. The lowest BCUT2D eigenvalue weighted by molar-refractivity contribution is -0.130. The molecular formula is C23H24FN5O3. The summed E-state index contributed by atoms with van der Waals surface area (Å²) in [7, 11) is 0. The number of aliphatic hydroxyl groups is 2. The molecule has 1 aromatic carbocycles. The minimum atomic E-state index is -1.31. The molecule has 4 aromatic rings. The van der Waals surface area contributed by atoms with E-state index < -0.39 is 23.6 Å². The second-order valence-electron chi connectivity index (χ2n) is 8.84. The molecule has 3 N–H and O–H groups in total. The molecule has 0 unspecified atom stereocenters. The van der Waals surface area contributed by atoms with Crippen LogP contribution < -0.4 is 0 Å². The van der Waals surface area contributed by atoms with Gasteiger partial charge >= 0.3 is 0 Å². The van der Waals surface area contributed by atoms with Gasteiger partial charge in [0.25, 0.3) is 0 Å². The molecule has 0 spiro atoms. The number of benzene rings is 1. The van der Waals surface area contributed by atoms with Gasteiger partial charge in [0.1, 0.15) is 11.6 Å². The number of hydrogen-bond acceptors (Lipinski definition) is 5. The van der Waals surface area contributed by atoms with Crippen LogP contribution in [0, 0.1) is 5.82 Å². The lowest BCUT2D eigenvalue weighted by Gasteiger charge is -2.22. The van der Waals surface area contributed by atoms with Crippen LogP contribution in [0.4, 0.5) is 4.39 Å². The van der Waals surface area contributed by atoms with E-state index in [-0.39, 0.29) is 18.0 Å². The number of imidazole rings is 1. The number of likely N-dealkylation sites (tertiary alicyclic amines) is 1. The highest BCUT2D eigenvalue weighted by molar-refractivity contribution is 5.84. The van der Waals surface area contributed by atoms with Crippen LogP contribution in [0.5, 0.6) is 0 Å². The number of aromatic nitrogens is 4. The van der Waals surface area contributed by atoms with E-state index in [1.807, 2.05) is 10.5 Å². The number of carbonyl (C=O) groups excluding carboxylic acids is 1. The second-order valence-corrected chi connectivity index (χ2v) is 8.84. The lowest BCUT2D eigenvalue weighted by Crippen LogP contribution is -2.30. The van der Waals surface area contributed by atoms with Crippen LogP contribution in [-0.4, -0.2) is 53.0 Å². The van der Waals surface area contributed by atoms with Gasteiger partial charge in [0, 0.05) is 37.2 Å². The van der Waals surface area contributed by atoms with E-state index >= 15 is 0 Å². The summed E-state index contributed by atoms with van der Waals surface area (Å²) in [4.78, 5) is 26.3. The highest BCUT2D eigenvalue weighted by atomic mass is 19.1. The largest absolute Gasteiger partial charge is 0.391 e. The Morgan fingerprint density at radius 2 is 2.06 bits per heavy atom. The van der Waals surface area contributed by atoms with E-state index in [4.69, 9.17) is 4.98 Å².